The third-order valence-corrected chi connectivity index (χ3v) is 2.61. The molecule has 7 nitrogen and oxygen atoms in total. The van der Waals surface area contributed by atoms with Crippen molar-refractivity contribution in [1.82, 2.24) is 25.6 Å². The van der Waals surface area contributed by atoms with Crippen molar-refractivity contribution in [1.29, 1.82) is 0 Å². The van der Waals surface area contributed by atoms with Crippen LogP contribution in [-0.4, -0.2) is 20.2 Å². The molecule has 0 fully saturated rings. The van der Waals surface area contributed by atoms with Gasteiger partial charge in [0.1, 0.15) is 5.76 Å². The number of hydrazine groups is 1. The van der Waals surface area contributed by atoms with Crippen molar-refractivity contribution in [3.63, 3.8) is 0 Å². The van der Waals surface area contributed by atoms with E-state index in [2.05, 4.69) is 20.8 Å². The maximum atomic E-state index is 5.57. The Morgan fingerprint density at radius 1 is 1.59 bits per heavy atom. The van der Waals surface area contributed by atoms with Crippen LogP contribution >= 0.6 is 0 Å². The first kappa shape index (κ1) is 11.7. The SMILES string of the molecule is CCc1occc1C(Cc1nnn(C)n1)NN. The lowest BCUT2D eigenvalue weighted by Gasteiger charge is -2.13. The lowest BCUT2D eigenvalue weighted by atomic mass is 10.0. The minimum atomic E-state index is -0.0621. The summed E-state index contributed by atoms with van der Waals surface area (Å²) in [4.78, 5) is 1.43. The molecule has 0 amide bonds. The highest BCUT2D eigenvalue weighted by molar-refractivity contribution is 5.22. The number of tetrazole rings is 1. The maximum Gasteiger partial charge on any atom is 0.176 e. The fourth-order valence-corrected chi connectivity index (χ4v) is 1.79. The Labute approximate surface area is 99.0 Å². The summed E-state index contributed by atoms with van der Waals surface area (Å²) >= 11 is 0. The summed E-state index contributed by atoms with van der Waals surface area (Å²) in [6.07, 6.45) is 3.08. The number of nitrogens with zero attached hydrogens (tertiary/aromatic N) is 4. The molecule has 0 saturated carbocycles. The third-order valence-electron chi connectivity index (χ3n) is 2.61. The molecule has 2 rings (SSSR count). The van der Waals surface area contributed by atoms with Gasteiger partial charge >= 0.3 is 0 Å². The van der Waals surface area contributed by atoms with Gasteiger partial charge in [-0.1, -0.05) is 6.92 Å². The Balaban J connectivity index is 2.16. The Kier molecular flexibility index (Phi) is 3.50. The zero-order valence-corrected chi connectivity index (χ0v) is 9.92. The average Bonchev–Trinajstić information content (AvgIpc) is 2.94. The van der Waals surface area contributed by atoms with Crippen molar-refractivity contribution in [2.24, 2.45) is 12.9 Å². The lowest BCUT2D eigenvalue weighted by Crippen LogP contribution is -2.30. The molecule has 0 aliphatic rings. The van der Waals surface area contributed by atoms with Crippen LogP contribution in [-0.2, 0) is 19.9 Å². The van der Waals surface area contributed by atoms with Crippen LogP contribution in [0.3, 0.4) is 0 Å². The number of nitrogens with two attached hydrogens (primary N) is 1. The van der Waals surface area contributed by atoms with E-state index in [4.69, 9.17) is 10.3 Å². The number of furan rings is 1. The van der Waals surface area contributed by atoms with Crippen molar-refractivity contribution < 1.29 is 4.42 Å². The van der Waals surface area contributed by atoms with E-state index in [1.165, 1.54) is 4.80 Å². The number of hydrogen-bond acceptors (Lipinski definition) is 6. The second kappa shape index (κ2) is 5.07. The molecule has 17 heavy (non-hydrogen) atoms. The molecule has 1 atom stereocenters. The second-order valence-electron chi connectivity index (χ2n) is 3.77. The minimum absolute atomic E-state index is 0.0621. The number of hydrogen-bond donors (Lipinski definition) is 2. The van der Waals surface area contributed by atoms with Gasteiger partial charge in [0.2, 0.25) is 0 Å². The van der Waals surface area contributed by atoms with Gasteiger partial charge in [-0.25, -0.2) is 0 Å². The first-order valence-corrected chi connectivity index (χ1v) is 5.49. The summed E-state index contributed by atoms with van der Waals surface area (Å²) in [6.45, 7) is 2.04. The van der Waals surface area contributed by atoms with Crippen LogP contribution in [0.15, 0.2) is 16.7 Å². The molecule has 2 heterocycles. The van der Waals surface area contributed by atoms with E-state index in [0.717, 1.165) is 17.7 Å². The fraction of sp³-hybridized carbons (Fsp3) is 0.500. The van der Waals surface area contributed by atoms with Crippen LogP contribution in [0.5, 0.6) is 0 Å². The van der Waals surface area contributed by atoms with E-state index in [0.29, 0.717) is 12.2 Å². The van der Waals surface area contributed by atoms with E-state index in [9.17, 15) is 0 Å². The molecule has 7 heteroatoms. The molecule has 2 aromatic rings. The number of nitrogens with one attached hydrogen (secondary N) is 1. The predicted octanol–water partition coefficient (Wildman–Crippen LogP) is 0.113. The van der Waals surface area contributed by atoms with Gasteiger partial charge in [0.15, 0.2) is 5.82 Å². The van der Waals surface area contributed by atoms with Gasteiger partial charge in [-0.15, -0.1) is 10.2 Å². The van der Waals surface area contributed by atoms with Crippen LogP contribution in [0.25, 0.3) is 0 Å². The Hall–Kier alpha value is -1.73. The molecule has 0 bridgehead atoms. The second-order valence-corrected chi connectivity index (χ2v) is 3.77. The molecule has 0 radical (unpaired) electrons. The zero-order chi connectivity index (χ0) is 12.3. The number of aromatic nitrogens is 4. The van der Waals surface area contributed by atoms with Crippen LogP contribution < -0.4 is 11.3 Å². The van der Waals surface area contributed by atoms with E-state index < -0.39 is 0 Å². The van der Waals surface area contributed by atoms with Crippen molar-refractivity contribution in [3.05, 3.63) is 29.5 Å². The van der Waals surface area contributed by atoms with Crippen LogP contribution in [0.1, 0.15) is 30.1 Å². The van der Waals surface area contributed by atoms with E-state index in [1.807, 2.05) is 13.0 Å². The van der Waals surface area contributed by atoms with E-state index >= 15 is 0 Å². The van der Waals surface area contributed by atoms with E-state index in [1.54, 1.807) is 13.3 Å². The quantitative estimate of drug-likeness (QED) is 0.565. The standard InChI is InChI=1S/C10H16N6O/c1-3-9-7(4-5-17-9)8(12-11)6-10-13-15-16(2)14-10/h4-5,8,12H,3,6,11H2,1-2H3. The minimum Gasteiger partial charge on any atom is -0.469 e. The number of rotatable bonds is 5. The normalized spacial score (nSPS) is 12.9. The largest absolute Gasteiger partial charge is 0.469 e. The highest BCUT2D eigenvalue weighted by Gasteiger charge is 2.18. The van der Waals surface area contributed by atoms with Gasteiger partial charge in [0.05, 0.1) is 19.4 Å². The highest BCUT2D eigenvalue weighted by atomic mass is 16.3. The van der Waals surface area contributed by atoms with Gasteiger partial charge in [0, 0.05) is 18.4 Å². The summed E-state index contributed by atoms with van der Waals surface area (Å²) < 4.78 is 5.38. The molecule has 0 aromatic carbocycles. The molecule has 0 aliphatic carbocycles. The molecule has 0 spiro atoms. The Bertz CT molecular complexity index is 477. The fourth-order valence-electron chi connectivity index (χ4n) is 1.79. The summed E-state index contributed by atoms with van der Waals surface area (Å²) in [5.74, 6) is 7.15. The zero-order valence-electron chi connectivity index (χ0n) is 9.92. The van der Waals surface area contributed by atoms with Crippen LogP contribution in [0, 0.1) is 0 Å². The molecular weight excluding hydrogens is 220 g/mol. The van der Waals surface area contributed by atoms with Gasteiger partial charge in [-0.05, 0) is 11.3 Å². The third kappa shape index (κ3) is 2.51. The van der Waals surface area contributed by atoms with Crippen molar-refractivity contribution in [2.75, 3.05) is 0 Å². The van der Waals surface area contributed by atoms with E-state index in [-0.39, 0.29) is 6.04 Å². The molecule has 1 unspecified atom stereocenters. The average molecular weight is 236 g/mol. The molecule has 0 saturated heterocycles. The smallest absolute Gasteiger partial charge is 0.176 e. The Morgan fingerprint density at radius 3 is 3.00 bits per heavy atom. The van der Waals surface area contributed by atoms with Gasteiger partial charge in [-0.3, -0.25) is 11.3 Å². The van der Waals surface area contributed by atoms with Crippen molar-refractivity contribution >= 4 is 0 Å². The summed E-state index contributed by atoms with van der Waals surface area (Å²) in [5, 5.41) is 11.9. The lowest BCUT2D eigenvalue weighted by molar-refractivity contribution is 0.483. The van der Waals surface area contributed by atoms with Crippen LogP contribution in [0.2, 0.25) is 0 Å². The summed E-state index contributed by atoms with van der Waals surface area (Å²) in [6, 6.07) is 1.85. The van der Waals surface area contributed by atoms with Gasteiger partial charge < -0.3 is 4.42 Å². The topological polar surface area (TPSA) is 94.8 Å². The predicted molar refractivity (Wildman–Crippen MR) is 60.7 cm³/mol. The van der Waals surface area contributed by atoms with Gasteiger partial charge in [-0.2, -0.15) is 4.80 Å². The molecule has 2 aromatic heterocycles. The van der Waals surface area contributed by atoms with Crippen molar-refractivity contribution in [3.8, 4) is 0 Å². The molecule has 0 aliphatic heterocycles. The van der Waals surface area contributed by atoms with Crippen molar-refractivity contribution in [2.45, 2.75) is 25.8 Å². The molecule has 92 valence electrons. The van der Waals surface area contributed by atoms with Crippen LogP contribution in [0.4, 0.5) is 0 Å². The summed E-state index contributed by atoms with van der Waals surface area (Å²) in [7, 11) is 1.73. The number of aryl methyl sites for hydroxylation is 2. The first-order valence-electron chi connectivity index (χ1n) is 5.49. The summed E-state index contributed by atoms with van der Waals surface area (Å²) in [5.41, 5.74) is 3.80. The monoisotopic (exact) mass is 236 g/mol. The molecular formula is C10H16N6O. The van der Waals surface area contributed by atoms with Gasteiger partial charge in [0.25, 0.3) is 0 Å². The maximum absolute atomic E-state index is 5.57. The highest BCUT2D eigenvalue weighted by Crippen LogP contribution is 2.21. The first-order chi connectivity index (χ1) is 8.24. The Morgan fingerprint density at radius 2 is 2.41 bits per heavy atom. The molecule has 3 N–H and O–H groups in total.